The van der Waals surface area contributed by atoms with Gasteiger partial charge in [-0.2, -0.15) is 5.10 Å². The summed E-state index contributed by atoms with van der Waals surface area (Å²) in [6.07, 6.45) is 0. The lowest BCUT2D eigenvalue weighted by Gasteiger charge is -2.00. The van der Waals surface area contributed by atoms with Gasteiger partial charge in [0.05, 0.1) is 0 Å². The van der Waals surface area contributed by atoms with Crippen molar-refractivity contribution in [2.24, 2.45) is 0 Å². The lowest BCUT2D eigenvalue weighted by Crippen LogP contribution is -1.85. The molecule has 94 valence electrons. The largest absolute Gasteiger partial charge is 0.259 e. The number of H-pyrrole nitrogens is 1. The number of nitrogens with one attached hydrogen (secondary N) is 1. The topological polar surface area (TPSA) is 41.6 Å². The highest BCUT2D eigenvalue weighted by Crippen LogP contribution is 2.27. The molecule has 1 heterocycles. The fourth-order valence-corrected chi connectivity index (χ4v) is 2.54. The second kappa shape index (κ2) is 5.30. The van der Waals surface area contributed by atoms with Crippen molar-refractivity contribution < 1.29 is 0 Å². The molecule has 0 aliphatic rings. The minimum atomic E-state index is 0.686. The fraction of sp³-hybridized carbons (Fsp3) is 0. The van der Waals surface area contributed by atoms with E-state index in [-0.39, 0.29) is 0 Å². The van der Waals surface area contributed by atoms with Crippen molar-refractivity contribution >= 4 is 34.2 Å². The normalized spacial score (nSPS) is 10.6. The maximum Gasteiger partial charge on any atom is 0.181 e. The third-order valence-electron chi connectivity index (χ3n) is 2.70. The second-order valence-electron chi connectivity index (χ2n) is 4.00. The van der Waals surface area contributed by atoms with Gasteiger partial charge >= 0.3 is 0 Å². The van der Waals surface area contributed by atoms with Crippen molar-refractivity contribution in [3.8, 4) is 22.8 Å². The molecular formula is C14H9ClIN3. The Morgan fingerprint density at radius 2 is 1.84 bits per heavy atom. The molecule has 3 aromatic rings. The first-order chi connectivity index (χ1) is 9.24. The third kappa shape index (κ3) is 2.64. The molecule has 2 aromatic carbocycles. The van der Waals surface area contributed by atoms with Crippen LogP contribution in [0.4, 0.5) is 0 Å². The van der Waals surface area contributed by atoms with Crippen LogP contribution >= 0.6 is 34.2 Å². The van der Waals surface area contributed by atoms with E-state index in [0.717, 1.165) is 20.5 Å². The van der Waals surface area contributed by atoms with Crippen molar-refractivity contribution in [3.05, 3.63) is 57.1 Å². The third-order valence-corrected chi connectivity index (χ3v) is 3.88. The molecule has 0 saturated heterocycles. The van der Waals surface area contributed by atoms with Gasteiger partial charge in [-0.1, -0.05) is 41.9 Å². The summed E-state index contributed by atoms with van der Waals surface area (Å²) < 4.78 is 1.08. The Bertz CT molecular complexity index is 710. The molecule has 0 saturated carbocycles. The van der Waals surface area contributed by atoms with Crippen LogP contribution in [0.1, 0.15) is 0 Å². The van der Waals surface area contributed by atoms with Gasteiger partial charge in [0.1, 0.15) is 0 Å². The number of aromatic amines is 1. The monoisotopic (exact) mass is 381 g/mol. The van der Waals surface area contributed by atoms with E-state index >= 15 is 0 Å². The molecule has 0 fully saturated rings. The molecule has 0 atom stereocenters. The molecule has 5 heteroatoms. The van der Waals surface area contributed by atoms with Gasteiger partial charge in [-0.15, -0.1) is 0 Å². The average Bonchev–Trinajstić information content (AvgIpc) is 2.92. The van der Waals surface area contributed by atoms with Crippen molar-refractivity contribution in [2.75, 3.05) is 0 Å². The molecule has 3 nitrogen and oxygen atoms in total. The number of aromatic nitrogens is 3. The van der Waals surface area contributed by atoms with E-state index in [0.29, 0.717) is 10.8 Å². The average molecular weight is 382 g/mol. The van der Waals surface area contributed by atoms with E-state index < -0.39 is 0 Å². The van der Waals surface area contributed by atoms with E-state index in [9.17, 15) is 0 Å². The van der Waals surface area contributed by atoms with Crippen LogP contribution in [0.2, 0.25) is 5.02 Å². The van der Waals surface area contributed by atoms with Crippen LogP contribution in [0.3, 0.4) is 0 Å². The maximum absolute atomic E-state index is 6.03. The summed E-state index contributed by atoms with van der Waals surface area (Å²) in [5.41, 5.74) is 1.95. The second-order valence-corrected chi connectivity index (χ2v) is 5.60. The van der Waals surface area contributed by atoms with Gasteiger partial charge in [0.15, 0.2) is 11.6 Å². The number of hydrogen-bond donors (Lipinski definition) is 1. The van der Waals surface area contributed by atoms with Gasteiger partial charge in [0.25, 0.3) is 0 Å². The Morgan fingerprint density at radius 1 is 1.05 bits per heavy atom. The summed E-state index contributed by atoms with van der Waals surface area (Å²) in [5, 5.41) is 7.90. The number of hydrogen-bond acceptors (Lipinski definition) is 2. The molecule has 0 amide bonds. The molecule has 1 N–H and O–H groups in total. The summed E-state index contributed by atoms with van der Waals surface area (Å²) in [5.74, 6) is 1.41. The van der Waals surface area contributed by atoms with Crippen molar-refractivity contribution in [2.45, 2.75) is 0 Å². The molecule has 0 unspecified atom stereocenters. The standard InChI is InChI=1S/C14H9ClIN3/c15-10-6-7-12(16)11(8-10)14-17-13(18-19-14)9-4-2-1-3-5-9/h1-8H,(H,17,18,19). The summed E-state index contributed by atoms with van der Waals surface area (Å²) in [6.45, 7) is 0. The zero-order chi connectivity index (χ0) is 13.2. The lowest BCUT2D eigenvalue weighted by atomic mass is 10.2. The van der Waals surface area contributed by atoms with Crippen LogP contribution in [-0.4, -0.2) is 15.2 Å². The Kier molecular flexibility index (Phi) is 3.52. The highest BCUT2D eigenvalue weighted by molar-refractivity contribution is 14.1. The first kappa shape index (κ1) is 12.6. The Hall–Kier alpha value is -1.40. The van der Waals surface area contributed by atoms with Crippen LogP contribution < -0.4 is 0 Å². The minimum Gasteiger partial charge on any atom is -0.259 e. The minimum absolute atomic E-state index is 0.686. The van der Waals surface area contributed by atoms with Gasteiger partial charge in [-0.25, -0.2) is 4.98 Å². The quantitative estimate of drug-likeness (QED) is 0.669. The van der Waals surface area contributed by atoms with Crippen LogP contribution in [0.5, 0.6) is 0 Å². The predicted molar refractivity (Wildman–Crippen MR) is 85.0 cm³/mol. The van der Waals surface area contributed by atoms with Gasteiger partial charge in [0.2, 0.25) is 0 Å². The van der Waals surface area contributed by atoms with Crippen molar-refractivity contribution in [1.29, 1.82) is 0 Å². The highest BCUT2D eigenvalue weighted by Gasteiger charge is 2.10. The van der Waals surface area contributed by atoms with Crippen LogP contribution in [0.15, 0.2) is 48.5 Å². The van der Waals surface area contributed by atoms with E-state index in [1.54, 1.807) is 0 Å². The van der Waals surface area contributed by atoms with Crippen molar-refractivity contribution in [3.63, 3.8) is 0 Å². The Balaban J connectivity index is 2.04. The number of halogens is 2. The Morgan fingerprint density at radius 3 is 2.63 bits per heavy atom. The summed E-state index contributed by atoms with van der Waals surface area (Å²) in [6, 6.07) is 15.6. The molecule has 19 heavy (non-hydrogen) atoms. The fourth-order valence-electron chi connectivity index (χ4n) is 1.78. The SMILES string of the molecule is Clc1ccc(I)c(-c2nc(-c3ccccc3)n[nH]2)c1. The van der Waals surface area contributed by atoms with Crippen LogP contribution in [0.25, 0.3) is 22.8 Å². The van der Waals surface area contributed by atoms with Crippen LogP contribution in [0, 0.1) is 3.57 Å². The highest BCUT2D eigenvalue weighted by atomic mass is 127. The summed E-state index contributed by atoms with van der Waals surface area (Å²) >= 11 is 8.28. The van der Waals surface area contributed by atoms with E-state index in [1.165, 1.54) is 0 Å². The van der Waals surface area contributed by atoms with Crippen LogP contribution in [-0.2, 0) is 0 Å². The van der Waals surface area contributed by atoms with Gasteiger partial charge < -0.3 is 0 Å². The molecular weight excluding hydrogens is 373 g/mol. The summed E-state index contributed by atoms with van der Waals surface area (Å²) in [4.78, 5) is 4.52. The lowest BCUT2D eigenvalue weighted by molar-refractivity contribution is 1.10. The first-order valence-electron chi connectivity index (χ1n) is 5.67. The smallest absolute Gasteiger partial charge is 0.181 e. The molecule has 1 aromatic heterocycles. The van der Waals surface area contributed by atoms with E-state index in [2.05, 4.69) is 37.8 Å². The number of nitrogens with zero attached hydrogens (tertiary/aromatic N) is 2. The molecule has 0 bridgehead atoms. The zero-order valence-electron chi connectivity index (χ0n) is 9.77. The van der Waals surface area contributed by atoms with E-state index in [1.807, 2.05) is 48.5 Å². The van der Waals surface area contributed by atoms with Gasteiger partial charge in [0, 0.05) is 19.7 Å². The number of benzene rings is 2. The molecule has 0 spiro atoms. The van der Waals surface area contributed by atoms with Crippen molar-refractivity contribution in [1.82, 2.24) is 15.2 Å². The van der Waals surface area contributed by atoms with Gasteiger partial charge in [-0.3, -0.25) is 5.10 Å². The molecule has 0 radical (unpaired) electrons. The first-order valence-corrected chi connectivity index (χ1v) is 7.13. The molecule has 0 aliphatic heterocycles. The predicted octanol–water partition coefficient (Wildman–Crippen LogP) is 4.40. The molecule has 3 rings (SSSR count). The van der Waals surface area contributed by atoms with E-state index in [4.69, 9.17) is 11.6 Å². The Labute approximate surface area is 129 Å². The molecule has 0 aliphatic carbocycles. The zero-order valence-corrected chi connectivity index (χ0v) is 12.7. The maximum atomic E-state index is 6.03. The number of rotatable bonds is 2. The summed E-state index contributed by atoms with van der Waals surface area (Å²) in [7, 11) is 0. The van der Waals surface area contributed by atoms with Gasteiger partial charge in [-0.05, 0) is 40.8 Å².